The molecule has 10 aromatic rings. The molecule has 10 rings (SSSR count). The summed E-state index contributed by atoms with van der Waals surface area (Å²) in [4.78, 5) is 2.33. The number of benzene rings is 9. The van der Waals surface area contributed by atoms with Crippen LogP contribution in [0, 0.1) is 0 Å². The third-order valence-corrected chi connectivity index (χ3v) is 10.5. The van der Waals surface area contributed by atoms with E-state index in [1.54, 1.807) is 0 Å². The summed E-state index contributed by atoms with van der Waals surface area (Å²) >= 11 is 0. The van der Waals surface area contributed by atoms with Crippen LogP contribution in [-0.4, -0.2) is 0 Å². The highest BCUT2D eigenvalue weighted by Crippen LogP contribution is 2.41. The second kappa shape index (κ2) is 13.4. The largest absolute Gasteiger partial charge is 0.456 e. The van der Waals surface area contributed by atoms with Gasteiger partial charge in [0.2, 0.25) is 0 Å². The standard InChI is InChI=1S/C52H35NO/c1-2-11-36(12-3-1)37-23-25-38(26-24-37)39-27-29-44(30-28-39)53(46-31-32-50-49-20-6-7-22-51(49)54-52(50)35-46)45-18-9-16-42(34-45)41-15-8-17-43(33-41)48-21-10-14-40-13-4-5-19-47(40)48/h1-35H. The van der Waals surface area contributed by atoms with Crippen LogP contribution in [-0.2, 0) is 0 Å². The first kappa shape index (κ1) is 31.6. The molecule has 1 heterocycles. The van der Waals surface area contributed by atoms with Crippen LogP contribution in [0.25, 0.3) is 77.2 Å². The number of rotatable bonds is 7. The number of anilines is 3. The smallest absolute Gasteiger partial charge is 0.137 e. The van der Waals surface area contributed by atoms with Gasteiger partial charge < -0.3 is 9.32 Å². The molecule has 0 unspecified atom stereocenters. The molecule has 2 heteroatoms. The van der Waals surface area contributed by atoms with Crippen LogP contribution in [0.3, 0.4) is 0 Å². The van der Waals surface area contributed by atoms with Gasteiger partial charge in [0.25, 0.3) is 0 Å². The normalized spacial score (nSPS) is 11.3. The van der Waals surface area contributed by atoms with Gasteiger partial charge in [-0.1, -0.05) is 158 Å². The van der Waals surface area contributed by atoms with Gasteiger partial charge in [0.1, 0.15) is 11.2 Å². The van der Waals surface area contributed by atoms with E-state index >= 15 is 0 Å². The quantitative estimate of drug-likeness (QED) is 0.166. The highest BCUT2D eigenvalue weighted by Gasteiger charge is 2.17. The number of hydrogen-bond donors (Lipinski definition) is 0. The second-order valence-corrected chi connectivity index (χ2v) is 13.8. The van der Waals surface area contributed by atoms with Crippen LogP contribution >= 0.6 is 0 Å². The van der Waals surface area contributed by atoms with Gasteiger partial charge in [-0.05, 0) is 104 Å². The van der Waals surface area contributed by atoms with Crippen molar-refractivity contribution in [3.05, 3.63) is 212 Å². The topological polar surface area (TPSA) is 16.4 Å². The predicted octanol–water partition coefficient (Wildman–Crippen LogP) is 14.9. The van der Waals surface area contributed by atoms with E-state index in [0.29, 0.717) is 0 Å². The zero-order chi connectivity index (χ0) is 35.8. The molecular formula is C52H35NO. The minimum atomic E-state index is 0.868. The summed E-state index contributed by atoms with van der Waals surface area (Å²) in [6.45, 7) is 0. The SMILES string of the molecule is c1ccc(-c2ccc(-c3ccc(N(c4cccc(-c5cccc(-c6cccc7ccccc67)c5)c4)c4ccc5c(c4)oc4ccccc45)cc3)cc2)cc1. The summed E-state index contributed by atoms with van der Waals surface area (Å²) in [5.74, 6) is 0. The molecule has 0 radical (unpaired) electrons. The molecule has 0 N–H and O–H groups in total. The fourth-order valence-corrected chi connectivity index (χ4v) is 7.76. The van der Waals surface area contributed by atoms with Crippen molar-refractivity contribution in [3.8, 4) is 44.5 Å². The molecule has 2 nitrogen and oxygen atoms in total. The first-order valence-electron chi connectivity index (χ1n) is 18.4. The lowest BCUT2D eigenvalue weighted by atomic mass is 9.95. The van der Waals surface area contributed by atoms with E-state index in [4.69, 9.17) is 4.42 Å². The Balaban J connectivity index is 1.05. The molecule has 9 aromatic carbocycles. The lowest BCUT2D eigenvalue weighted by Gasteiger charge is -2.26. The van der Waals surface area contributed by atoms with Crippen molar-refractivity contribution in [3.63, 3.8) is 0 Å². The zero-order valence-corrected chi connectivity index (χ0v) is 29.6. The molecule has 1 aromatic heterocycles. The highest BCUT2D eigenvalue weighted by atomic mass is 16.3. The van der Waals surface area contributed by atoms with Crippen LogP contribution < -0.4 is 4.90 Å². The maximum absolute atomic E-state index is 6.39. The van der Waals surface area contributed by atoms with E-state index in [0.717, 1.165) is 44.6 Å². The summed E-state index contributed by atoms with van der Waals surface area (Å²) in [5.41, 5.74) is 14.5. The Morgan fingerprint density at radius 3 is 1.59 bits per heavy atom. The van der Waals surface area contributed by atoms with Gasteiger partial charge in [0.15, 0.2) is 0 Å². The van der Waals surface area contributed by atoms with E-state index < -0.39 is 0 Å². The number of furan rings is 1. The van der Waals surface area contributed by atoms with Gasteiger partial charge in [0, 0.05) is 33.9 Å². The number of para-hydroxylation sites is 1. The van der Waals surface area contributed by atoms with Crippen molar-refractivity contribution >= 4 is 49.8 Å². The van der Waals surface area contributed by atoms with E-state index in [2.05, 4.69) is 205 Å². The van der Waals surface area contributed by atoms with E-state index in [-0.39, 0.29) is 0 Å². The number of hydrogen-bond acceptors (Lipinski definition) is 2. The van der Waals surface area contributed by atoms with Crippen molar-refractivity contribution in [1.29, 1.82) is 0 Å². The average Bonchev–Trinajstić information content (AvgIpc) is 3.62. The van der Waals surface area contributed by atoms with E-state index in [1.807, 2.05) is 12.1 Å². The molecule has 0 amide bonds. The summed E-state index contributed by atoms with van der Waals surface area (Å²) in [5, 5.41) is 4.74. The maximum atomic E-state index is 6.39. The molecule has 0 fully saturated rings. The number of fused-ring (bicyclic) bond motifs is 4. The average molecular weight is 690 g/mol. The molecule has 0 aliphatic heterocycles. The van der Waals surface area contributed by atoms with Gasteiger partial charge in [-0.3, -0.25) is 0 Å². The van der Waals surface area contributed by atoms with Crippen LogP contribution in [0.1, 0.15) is 0 Å². The first-order chi connectivity index (χ1) is 26.7. The van der Waals surface area contributed by atoms with Gasteiger partial charge in [-0.15, -0.1) is 0 Å². The molecule has 0 spiro atoms. The monoisotopic (exact) mass is 689 g/mol. The van der Waals surface area contributed by atoms with Gasteiger partial charge in [-0.2, -0.15) is 0 Å². The summed E-state index contributed by atoms with van der Waals surface area (Å²) in [6, 6.07) is 75.9. The van der Waals surface area contributed by atoms with Gasteiger partial charge in [-0.25, -0.2) is 0 Å². The third-order valence-electron chi connectivity index (χ3n) is 10.5. The van der Waals surface area contributed by atoms with Crippen molar-refractivity contribution < 1.29 is 4.42 Å². The van der Waals surface area contributed by atoms with E-state index in [9.17, 15) is 0 Å². The Bertz CT molecular complexity index is 2920. The van der Waals surface area contributed by atoms with Gasteiger partial charge in [0.05, 0.1) is 0 Å². The van der Waals surface area contributed by atoms with Crippen LogP contribution in [0.15, 0.2) is 217 Å². The molecule has 0 saturated carbocycles. The Kier molecular flexibility index (Phi) is 7.85. The minimum Gasteiger partial charge on any atom is -0.456 e. The molecule has 254 valence electrons. The Labute approximate surface area is 314 Å². The fraction of sp³-hybridized carbons (Fsp3) is 0. The van der Waals surface area contributed by atoms with Crippen LogP contribution in [0.4, 0.5) is 17.1 Å². The Hall–Kier alpha value is -7.16. The summed E-state index contributed by atoms with van der Waals surface area (Å²) in [7, 11) is 0. The third kappa shape index (κ3) is 5.81. The zero-order valence-electron chi connectivity index (χ0n) is 29.6. The summed E-state index contributed by atoms with van der Waals surface area (Å²) in [6.07, 6.45) is 0. The maximum Gasteiger partial charge on any atom is 0.137 e. The lowest BCUT2D eigenvalue weighted by molar-refractivity contribution is 0.669. The van der Waals surface area contributed by atoms with E-state index in [1.165, 1.54) is 49.7 Å². The summed E-state index contributed by atoms with van der Waals surface area (Å²) < 4.78 is 6.39. The molecule has 0 atom stereocenters. The molecule has 0 saturated heterocycles. The van der Waals surface area contributed by atoms with Crippen molar-refractivity contribution in [2.24, 2.45) is 0 Å². The van der Waals surface area contributed by atoms with Crippen LogP contribution in [0.5, 0.6) is 0 Å². The predicted molar refractivity (Wildman–Crippen MR) is 228 cm³/mol. The first-order valence-corrected chi connectivity index (χ1v) is 18.4. The lowest BCUT2D eigenvalue weighted by Crippen LogP contribution is -2.10. The Morgan fingerprint density at radius 1 is 0.278 bits per heavy atom. The van der Waals surface area contributed by atoms with Crippen molar-refractivity contribution in [2.45, 2.75) is 0 Å². The highest BCUT2D eigenvalue weighted by molar-refractivity contribution is 6.06. The number of nitrogens with zero attached hydrogens (tertiary/aromatic N) is 1. The molecule has 54 heavy (non-hydrogen) atoms. The molecule has 0 bridgehead atoms. The molecule has 0 aliphatic rings. The Morgan fingerprint density at radius 2 is 0.796 bits per heavy atom. The van der Waals surface area contributed by atoms with Crippen LogP contribution in [0.2, 0.25) is 0 Å². The molecule has 0 aliphatic carbocycles. The fourth-order valence-electron chi connectivity index (χ4n) is 7.76. The molecular weight excluding hydrogens is 655 g/mol. The second-order valence-electron chi connectivity index (χ2n) is 13.8. The minimum absolute atomic E-state index is 0.868. The van der Waals surface area contributed by atoms with Crippen molar-refractivity contribution in [1.82, 2.24) is 0 Å². The van der Waals surface area contributed by atoms with Gasteiger partial charge >= 0.3 is 0 Å². The van der Waals surface area contributed by atoms with Crippen molar-refractivity contribution in [2.75, 3.05) is 4.90 Å².